The molecule has 0 saturated heterocycles. The molecular weight excluding hydrogens is 695 g/mol. The summed E-state index contributed by atoms with van der Waals surface area (Å²) in [5, 5.41) is 4.85. The highest BCUT2D eigenvalue weighted by Crippen LogP contribution is 2.70. The Morgan fingerprint density at radius 2 is 1.05 bits per heavy atom. The van der Waals surface area contributed by atoms with Crippen molar-refractivity contribution in [2.75, 3.05) is 0 Å². The SMILES string of the molecule is c1ccc(-c2nc(-c3ccccc3)nc(-c3ccc4cc5c(cc4c3)C3(c4cccc(-c6ccc7oc8ccccc8c7c6)c4-5)C4CC5CC(C4)CC3C5)n2)cc1. The fourth-order valence-corrected chi connectivity index (χ4v) is 12.2. The highest BCUT2D eigenvalue weighted by atomic mass is 16.3. The third-order valence-corrected chi connectivity index (χ3v) is 14.3. The molecule has 9 aromatic rings. The second-order valence-corrected chi connectivity index (χ2v) is 17.2. The van der Waals surface area contributed by atoms with Gasteiger partial charge in [-0.15, -0.1) is 0 Å². The lowest BCUT2D eigenvalue weighted by Crippen LogP contribution is -2.55. The molecule has 0 radical (unpaired) electrons. The van der Waals surface area contributed by atoms with Crippen LogP contribution in [0.5, 0.6) is 0 Å². The molecule has 4 heteroatoms. The highest BCUT2D eigenvalue weighted by molar-refractivity contribution is 6.07. The first kappa shape index (κ1) is 31.8. The maximum atomic E-state index is 6.28. The maximum absolute atomic E-state index is 6.28. The molecule has 7 aromatic carbocycles. The third-order valence-electron chi connectivity index (χ3n) is 14.3. The van der Waals surface area contributed by atoms with E-state index in [-0.39, 0.29) is 5.41 Å². The molecule has 0 aliphatic heterocycles. The van der Waals surface area contributed by atoms with Crippen LogP contribution in [0.4, 0.5) is 0 Å². The molecule has 4 fully saturated rings. The zero-order chi connectivity index (χ0) is 37.2. The first-order chi connectivity index (χ1) is 28.2. The standard InChI is InChI=1S/C53H39N3O/c1-3-10-33(11-4-1)50-54-51(34-12-5-2-6-13-34)56-52(55-50)37-19-18-35-28-44-46(30-38(35)27-37)53(39-23-31-22-32(25-39)26-40(53)24-31)45-16-9-15-41(49(44)45)36-20-21-48-43(29-36)42-14-7-8-17-47(42)57-48/h1-21,27-32,39-40H,22-26H2. The Kier molecular flexibility index (Phi) is 6.59. The molecule has 0 N–H and O–H groups in total. The summed E-state index contributed by atoms with van der Waals surface area (Å²) in [5.74, 6) is 5.14. The van der Waals surface area contributed by atoms with Crippen molar-refractivity contribution >= 4 is 32.7 Å². The number of aromatic nitrogens is 3. The molecule has 272 valence electrons. The summed E-state index contributed by atoms with van der Waals surface area (Å²) < 4.78 is 6.28. The number of benzene rings is 7. The summed E-state index contributed by atoms with van der Waals surface area (Å²) in [6, 6.07) is 54.9. The Morgan fingerprint density at radius 3 is 1.77 bits per heavy atom. The maximum Gasteiger partial charge on any atom is 0.164 e. The van der Waals surface area contributed by atoms with Crippen molar-refractivity contribution in [2.45, 2.75) is 37.5 Å². The van der Waals surface area contributed by atoms with E-state index >= 15 is 0 Å². The van der Waals surface area contributed by atoms with Gasteiger partial charge in [-0.3, -0.25) is 0 Å². The Morgan fingerprint density at radius 1 is 0.421 bits per heavy atom. The van der Waals surface area contributed by atoms with Crippen molar-refractivity contribution in [3.05, 3.63) is 163 Å². The molecule has 1 spiro atoms. The average Bonchev–Trinajstić information content (AvgIpc) is 3.78. The van der Waals surface area contributed by atoms with Gasteiger partial charge in [-0.1, -0.05) is 115 Å². The first-order valence-corrected chi connectivity index (χ1v) is 20.7. The summed E-state index contributed by atoms with van der Waals surface area (Å²) in [7, 11) is 0. The van der Waals surface area contributed by atoms with Gasteiger partial charge in [0.25, 0.3) is 0 Å². The van der Waals surface area contributed by atoms with Crippen LogP contribution in [0, 0.1) is 23.7 Å². The lowest BCUT2D eigenvalue weighted by Gasteiger charge is -2.61. The topological polar surface area (TPSA) is 51.8 Å². The van der Waals surface area contributed by atoms with Crippen LogP contribution in [-0.2, 0) is 5.41 Å². The molecule has 0 atom stereocenters. The smallest absolute Gasteiger partial charge is 0.164 e. The van der Waals surface area contributed by atoms with Crippen molar-refractivity contribution in [2.24, 2.45) is 23.7 Å². The molecule has 4 nitrogen and oxygen atoms in total. The van der Waals surface area contributed by atoms with Crippen LogP contribution in [0.3, 0.4) is 0 Å². The Hall–Kier alpha value is -6.39. The second-order valence-electron chi connectivity index (χ2n) is 17.2. The normalized spacial score (nSPS) is 22.8. The quantitative estimate of drug-likeness (QED) is 0.181. The van der Waals surface area contributed by atoms with Crippen molar-refractivity contribution < 1.29 is 4.42 Å². The van der Waals surface area contributed by atoms with Crippen LogP contribution >= 0.6 is 0 Å². The van der Waals surface area contributed by atoms with E-state index in [2.05, 4.69) is 115 Å². The molecule has 0 amide bonds. The monoisotopic (exact) mass is 733 g/mol. The summed E-state index contributed by atoms with van der Waals surface area (Å²) in [6.45, 7) is 0. The molecule has 2 heterocycles. The van der Waals surface area contributed by atoms with E-state index in [0.717, 1.165) is 39.7 Å². The molecule has 5 aliphatic carbocycles. The van der Waals surface area contributed by atoms with E-state index in [0.29, 0.717) is 29.3 Å². The van der Waals surface area contributed by atoms with Gasteiger partial charge in [-0.25, -0.2) is 15.0 Å². The van der Waals surface area contributed by atoms with Gasteiger partial charge in [0.1, 0.15) is 11.2 Å². The predicted octanol–water partition coefficient (Wildman–Crippen LogP) is 13.3. The van der Waals surface area contributed by atoms with Gasteiger partial charge in [0.15, 0.2) is 17.5 Å². The minimum Gasteiger partial charge on any atom is -0.456 e. The molecule has 5 aliphatic rings. The van der Waals surface area contributed by atoms with Crippen LogP contribution in [-0.4, -0.2) is 15.0 Å². The van der Waals surface area contributed by atoms with Crippen LogP contribution in [0.15, 0.2) is 156 Å². The lowest BCUT2D eigenvalue weighted by molar-refractivity contribution is -0.0398. The highest BCUT2D eigenvalue weighted by Gasteiger charge is 2.61. The number of para-hydroxylation sites is 1. The van der Waals surface area contributed by atoms with Crippen molar-refractivity contribution in [1.29, 1.82) is 0 Å². The second kappa shape index (κ2) is 11.8. The molecule has 2 aromatic heterocycles. The Bertz CT molecular complexity index is 3010. The van der Waals surface area contributed by atoms with E-state index in [4.69, 9.17) is 19.4 Å². The number of fused-ring (bicyclic) bond motifs is 7. The predicted molar refractivity (Wildman–Crippen MR) is 230 cm³/mol. The van der Waals surface area contributed by atoms with E-state index in [1.807, 2.05) is 36.4 Å². The van der Waals surface area contributed by atoms with Crippen LogP contribution in [0.2, 0.25) is 0 Å². The minimum absolute atomic E-state index is 0.0266. The number of hydrogen-bond acceptors (Lipinski definition) is 4. The van der Waals surface area contributed by atoms with Crippen LogP contribution in [0.1, 0.15) is 43.2 Å². The Balaban J connectivity index is 1.02. The van der Waals surface area contributed by atoms with Gasteiger partial charge in [0.2, 0.25) is 0 Å². The number of furan rings is 1. The summed E-state index contributed by atoms with van der Waals surface area (Å²) in [5.41, 5.74) is 13.4. The third kappa shape index (κ3) is 4.58. The molecular formula is C53H39N3O. The molecule has 4 saturated carbocycles. The van der Waals surface area contributed by atoms with E-state index in [1.54, 1.807) is 11.1 Å². The summed E-state index contributed by atoms with van der Waals surface area (Å²) in [4.78, 5) is 15.2. The van der Waals surface area contributed by atoms with E-state index in [9.17, 15) is 0 Å². The lowest BCUT2D eigenvalue weighted by atomic mass is 9.43. The fraction of sp³-hybridized carbons (Fsp3) is 0.189. The molecule has 0 unspecified atom stereocenters. The van der Waals surface area contributed by atoms with Crippen molar-refractivity contribution in [1.82, 2.24) is 15.0 Å². The number of rotatable bonds is 4. The summed E-state index contributed by atoms with van der Waals surface area (Å²) >= 11 is 0. The first-order valence-electron chi connectivity index (χ1n) is 20.7. The van der Waals surface area contributed by atoms with Crippen LogP contribution < -0.4 is 0 Å². The van der Waals surface area contributed by atoms with Gasteiger partial charge in [-0.05, 0) is 136 Å². The fourth-order valence-electron chi connectivity index (χ4n) is 12.2. The minimum atomic E-state index is 0.0266. The molecule has 57 heavy (non-hydrogen) atoms. The number of nitrogens with zero attached hydrogens (tertiary/aromatic N) is 3. The number of hydrogen-bond donors (Lipinski definition) is 0. The molecule has 14 rings (SSSR count). The van der Waals surface area contributed by atoms with Gasteiger partial charge in [0.05, 0.1) is 0 Å². The van der Waals surface area contributed by atoms with Crippen molar-refractivity contribution in [3.63, 3.8) is 0 Å². The van der Waals surface area contributed by atoms with E-state index in [1.165, 1.54) is 75.9 Å². The molecule has 4 bridgehead atoms. The zero-order valence-corrected chi connectivity index (χ0v) is 31.5. The van der Waals surface area contributed by atoms with Gasteiger partial charge in [0, 0.05) is 32.9 Å². The zero-order valence-electron chi connectivity index (χ0n) is 31.5. The summed E-state index contributed by atoms with van der Waals surface area (Å²) in [6.07, 6.45) is 6.81. The van der Waals surface area contributed by atoms with Gasteiger partial charge >= 0.3 is 0 Å². The largest absolute Gasteiger partial charge is 0.456 e. The van der Waals surface area contributed by atoms with Crippen LogP contribution in [0.25, 0.3) is 89.1 Å². The Labute approximate surface area is 331 Å². The van der Waals surface area contributed by atoms with E-state index < -0.39 is 0 Å². The average molecular weight is 734 g/mol. The van der Waals surface area contributed by atoms with Gasteiger partial charge in [-0.2, -0.15) is 0 Å². The van der Waals surface area contributed by atoms with Gasteiger partial charge < -0.3 is 4.42 Å². The van der Waals surface area contributed by atoms with Crippen molar-refractivity contribution in [3.8, 4) is 56.4 Å².